The molecule has 0 bridgehead atoms. The van der Waals surface area contributed by atoms with Crippen molar-refractivity contribution < 1.29 is 25.2 Å². The molecule has 0 aromatic heterocycles. The SMILES string of the molecule is CCOc1ccc(Cc2cc(Cl)ccc2C2NC(CO)[C@@H](O)[C@H](O)[C@H]2O)cc1. The monoisotopic (exact) mass is 407 g/mol. The molecule has 2 aromatic rings. The zero-order valence-electron chi connectivity index (χ0n) is 15.6. The van der Waals surface area contributed by atoms with E-state index in [0.717, 1.165) is 22.4 Å². The molecule has 0 spiro atoms. The minimum atomic E-state index is -1.36. The van der Waals surface area contributed by atoms with Crippen LogP contribution in [0, 0.1) is 0 Å². The maximum absolute atomic E-state index is 10.5. The van der Waals surface area contributed by atoms with Crippen LogP contribution in [-0.4, -0.2) is 58.0 Å². The van der Waals surface area contributed by atoms with E-state index in [1.807, 2.05) is 37.3 Å². The fourth-order valence-corrected chi connectivity index (χ4v) is 3.82. The average molecular weight is 408 g/mol. The average Bonchev–Trinajstić information content (AvgIpc) is 2.69. The summed E-state index contributed by atoms with van der Waals surface area (Å²) in [5.41, 5.74) is 2.68. The number of halogens is 1. The van der Waals surface area contributed by atoms with Crippen molar-refractivity contribution in [3.63, 3.8) is 0 Å². The number of ether oxygens (including phenoxy) is 1. The van der Waals surface area contributed by atoms with Gasteiger partial charge in [-0.25, -0.2) is 0 Å². The number of rotatable bonds is 6. The number of aliphatic hydroxyl groups excluding tert-OH is 4. The lowest BCUT2D eigenvalue weighted by Gasteiger charge is -2.41. The van der Waals surface area contributed by atoms with E-state index in [-0.39, 0.29) is 6.61 Å². The van der Waals surface area contributed by atoms with E-state index >= 15 is 0 Å². The normalized spacial score (nSPS) is 27.6. The maximum Gasteiger partial charge on any atom is 0.119 e. The molecule has 0 saturated carbocycles. The molecule has 2 aromatic carbocycles. The third kappa shape index (κ3) is 4.49. The predicted octanol–water partition coefficient (Wildman–Crippen LogP) is 1.42. The summed E-state index contributed by atoms with van der Waals surface area (Å²) in [5, 5.41) is 43.9. The molecular weight excluding hydrogens is 382 g/mol. The molecule has 0 radical (unpaired) electrons. The van der Waals surface area contributed by atoms with Crippen molar-refractivity contribution >= 4 is 11.6 Å². The van der Waals surface area contributed by atoms with Gasteiger partial charge < -0.3 is 30.5 Å². The van der Waals surface area contributed by atoms with Crippen LogP contribution >= 0.6 is 11.6 Å². The van der Waals surface area contributed by atoms with E-state index in [9.17, 15) is 20.4 Å². The molecule has 5 atom stereocenters. The second kappa shape index (κ2) is 9.22. The van der Waals surface area contributed by atoms with Crippen molar-refractivity contribution in [3.05, 3.63) is 64.2 Å². The van der Waals surface area contributed by atoms with Gasteiger partial charge in [0, 0.05) is 5.02 Å². The van der Waals surface area contributed by atoms with E-state index in [2.05, 4.69) is 5.32 Å². The molecule has 1 aliphatic rings. The molecule has 3 rings (SSSR count). The summed E-state index contributed by atoms with van der Waals surface area (Å²) < 4.78 is 5.47. The van der Waals surface area contributed by atoms with Gasteiger partial charge in [0.05, 0.1) is 31.4 Å². The van der Waals surface area contributed by atoms with Crippen molar-refractivity contribution in [2.24, 2.45) is 0 Å². The Morgan fingerprint density at radius 2 is 1.71 bits per heavy atom. The van der Waals surface area contributed by atoms with Crippen LogP contribution in [0.2, 0.25) is 5.02 Å². The van der Waals surface area contributed by atoms with E-state index < -0.39 is 30.4 Å². The molecule has 0 aliphatic carbocycles. The lowest BCUT2D eigenvalue weighted by Crippen LogP contribution is -2.62. The highest BCUT2D eigenvalue weighted by Crippen LogP contribution is 2.32. The molecule has 6 nitrogen and oxygen atoms in total. The second-order valence-corrected chi connectivity index (χ2v) is 7.44. The highest BCUT2D eigenvalue weighted by atomic mass is 35.5. The van der Waals surface area contributed by atoms with E-state index in [1.165, 1.54) is 0 Å². The van der Waals surface area contributed by atoms with Gasteiger partial charge in [-0.15, -0.1) is 0 Å². The minimum absolute atomic E-state index is 0.358. The van der Waals surface area contributed by atoms with Crippen LogP contribution in [0.3, 0.4) is 0 Å². The maximum atomic E-state index is 10.5. The first-order valence-electron chi connectivity index (χ1n) is 9.35. The van der Waals surface area contributed by atoms with Crippen LogP contribution in [0.25, 0.3) is 0 Å². The molecule has 1 aliphatic heterocycles. The molecule has 2 unspecified atom stereocenters. The predicted molar refractivity (Wildman–Crippen MR) is 107 cm³/mol. The van der Waals surface area contributed by atoms with Crippen molar-refractivity contribution in [3.8, 4) is 5.75 Å². The zero-order valence-corrected chi connectivity index (χ0v) is 16.4. The van der Waals surface area contributed by atoms with Gasteiger partial charge in [0.25, 0.3) is 0 Å². The number of aliphatic hydroxyl groups is 4. The molecule has 0 amide bonds. The van der Waals surface area contributed by atoms with Gasteiger partial charge in [-0.05, 0) is 54.3 Å². The first kappa shape index (κ1) is 21.0. The fraction of sp³-hybridized carbons (Fsp3) is 0.429. The Morgan fingerprint density at radius 1 is 1.00 bits per heavy atom. The van der Waals surface area contributed by atoms with Gasteiger partial charge in [-0.2, -0.15) is 0 Å². The van der Waals surface area contributed by atoms with Gasteiger partial charge in [-0.1, -0.05) is 29.8 Å². The summed E-state index contributed by atoms with van der Waals surface area (Å²) in [5.74, 6) is 0.796. The van der Waals surface area contributed by atoms with E-state index in [0.29, 0.717) is 18.1 Å². The summed E-state index contributed by atoms with van der Waals surface area (Å²) in [6.07, 6.45) is -3.27. The van der Waals surface area contributed by atoms with Gasteiger partial charge in [0.15, 0.2) is 0 Å². The van der Waals surface area contributed by atoms with Crippen molar-refractivity contribution in [1.29, 1.82) is 0 Å². The Labute approximate surface area is 169 Å². The standard InChI is InChI=1S/C21H26ClNO5/c1-2-28-15-6-3-12(4-7-15)9-13-10-14(22)5-8-16(13)18-20(26)21(27)19(25)17(11-24)23-18/h3-8,10,17-21,23-27H,2,9,11H2,1H3/t17?,18?,19-,20+,21+/m1/s1. The molecule has 28 heavy (non-hydrogen) atoms. The highest BCUT2D eigenvalue weighted by molar-refractivity contribution is 6.30. The number of benzene rings is 2. The van der Waals surface area contributed by atoms with Crippen LogP contribution in [0.4, 0.5) is 0 Å². The topological polar surface area (TPSA) is 102 Å². The van der Waals surface area contributed by atoms with Crippen LogP contribution < -0.4 is 10.1 Å². The molecule has 1 heterocycles. The number of hydrogen-bond donors (Lipinski definition) is 5. The van der Waals surface area contributed by atoms with Gasteiger partial charge in [-0.3, -0.25) is 0 Å². The van der Waals surface area contributed by atoms with Gasteiger partial charge in [0.2, 0.25) is 0 Å². The summed E-state index contributed by atoms with van der Waals surface area (Å²) >= 11 is 6.20. The van der Waals surface area contributed by atoms with Crippen LogP contribution in [0.15, 0.2) is 42.5 Å². The quantitative estimate of drug-likeness (QED) is 0.496. The molecule has 5 N–H and O–H groups in total. The first-order valence-corrected chi connectivity index (χ1v) is 9.73. The first-order chi connectivity index (χ1) is 13.4. The minimum Gasteiger partial charge on any atom is -0.494 e. The molecular formula is C21H26ClNO5. The number of hydrogen-bond acceptors (Lipinski definition) is 6. The third-order valence-corrected chi connectivity index (χ3v) is 5.35. The van der Waals surface area contributed by atoms with Crippen molar-refractivity contribution in [1.82, 2.24) is 5.32 Å². The summed E-state index contributed by atoms with van der Waals surface area (Å²) in [4.78, 5) is 0. The molecule has 7 heteroatoms. The van der Waals surface area contributed by atoms with E-state index in [4.69, 9.17) is 16.3 Å². The Bertz CT molecular complexity index is 783. The Kier molecular flexibility index (Phi) is 6.93. The number of piperidine rings is 1. The molecule has 1 fully saturated rings. The van der Waals surface area contributed by atoms with Crippen molar-refractivity contribution in [2.75, 3.05) is 13.2 Å². The fourth-order valence-electron chi connectivity index (χ4n) is 3.62. The lowest BCUT2D eigenvalue weighted by molar-refractivity contribution is -0.120. The summed E-state index contributed by atoms with van der Waals surface area (Å²) in [6.45, 7) is 2.17. The highest BCUT2D eigenvalue weighted by Gasteiger charge is 2.43. The van der Waals surface area contributed by atoms with Crippen LogP contribution in [0.1, 0.15) is 29.7 Å². The summed E-state index contributed by atoms with van der Waals surface area (Å²) in [7, 11) is 0. The zero-order chi connectivity index (χ0) is 20.3. The summed E-state index contributed by atoms with van der Waals surface area (Å²) in [6, 6.07) is 11.7. The smallest absolute Gasteiger partial charge is 0.119 e. The third-order valence-electron chi connectivity index (χ3n) is 5.11. The van der Waals surface area contributed by atoms with Gasteiger partial charge in [0.1, 0.15) is 18.0 Å². The molecule has 152 valence electrons. The second-order valence-electron chi connectivity index (χ2n) is 7.00. The Hall–Kier alpha value is -1.67. The largest absolute Gasteiger partial charge is 0.494 e. The Balaban J connectivity index is 1.90. The van der Waals surface area contributed by atoms with Gasteiger partial charge >= 0.3 is 0 Å². The van der Waals surface area contributed by atoms with Crippen LogP contribution in [0.5, 0.6) is 5.75 Å². The van der Waals surface area contributed by atoms with E-state index in [1.54, 1.807) is 12.1 Å². The van der Waals surface area contributed by atoms with Crippen LogP contribution in [-0.2, 0) is 6.42 Å². The molecule has 1 saturated heterocycles. The Morgan fingerprint density at radius 3 is 2.36 bits per heavy atom. The van der Waals surface area contributed by atoms with Crippen molar-refractivity contribution in [2.45, 2.75) is 43.7 Å². The lowest BCUT2D eigenvalue weighted by atomic mass is 9.84. The number of nitrogens with one attached hydrogen (secondary N) is 1.